The van der Waals surface area contributed by atoms with Gasteiger partial charge in [-0.2, -0.15) is 5.26 Å². The lowest BCUT2D eigenvalue weighted by Gasteiger charge is -2.09. The van der Waals surface area contributed by atoms with E-state index in [2.05, 4.69) is 25.1 Å². The molecule has 0 fully saturated rings. The molecule has 1 aromatic carbocycles. The highest BCUT2D eigenvalue weighted by molar-refractivity contribution is 5.48. The van der Waals surface area contributed by atoms with Gasteiger partial charge in [0.1, 0.15) is 11.9 Å². The zero-order valence-electron chi connectivity index (χ0n) is 9.37. The minimum absolute atomic E-state index is 0.0371. The van der Waals surface area contributed by atoms with Crippen LogP contribution in [0.1, 0.15) is 36.5 Å². The van der Waals surface area contributed by atoms with Crippen LogP contribution < -0.4 is 4.74 Å². The molecule has 0 saturated carbocycles. The van der Waals surface area contributed by atoms with E-state index in [1.807, 2.05) is 13.8 Å². The Kier molecular flexibility index (Phi) is 2.40. The molecule has 0 aliphatic carbocycles. The van der Waals surface area contributed by atoms with Crippen LogP contribution in [0, 0.1) is 18.3 Å². The molecule has 0 amide bonds. The summed E-state index contributed by atoms with van der Waals surface area (Å²) >= 11 is 0. The molecule has 1 heterocycles. The fraction of sp³-hybridized carbons (Fsp3) is 0.462. The van der Waals surface area contributed by atoms with Crippen LogP contribution in [0.5, 0.6) is 5.75 Å². The first kappa shape index (κ1) is 10.0. The van der Waals surface area contributed by atoms with Crippen LogP contribution in [0.25, 0.3) is 0 Å². The van der Waals surface area contributed by atoms with E-state index >= 15 is 0 Å². The zero-order chi connectivity index (χ0) is 11.0. The summed E-state index contributed by atoms with van der Waals surface area (Å²) in [7, 11) is 0. The van der Waals surface area contributed by atoms with Gasteiger partial charge in [-0.25, -0.2) is 0 Å². The molecule has 0 spiro atoms. The third-order valence-corrected chi connectivity index (χ3v) is 2.89. The van der Waals surface area contributed by atoms with Crippen LogP contribution in [0.3, 0.4) is 0 Å². The van der Waals surface area contributed by atoms with E-state index in [1.54, 1.807) is 0 Å². The van der Waals surface area contributed by atoms with E-state index in [0.717, 1.165) is 23.3 Å². The molecule has 0 saturated heterocycles. The minimum atomic E-state index is -0.0371. The van der Waals surface area contributed by atoms with E-state index in [1.165, 1.54) is 5.56 Å². The summed E-state index contributed by atoms with van der Waals surface area (Å²) in [5, 5.41) is 8.90. The first-order chi connectivity index (χ1) is 7.11. The summed E-state index contributed by atoms with van der Waals surface area (Å²) in [6.45, 7) is 6.05. The van der Waals surface area contributed by atoms with Crippen molar-refractivity contribution < 1.29 is 4.74 Å². The quantitative estimate of drug-likeness (QED) is 0.699. The highest BCUT2D eigenvalue weighted by Gasteiger charge is 2.22. The number of fused-ring (bicyclic) bond motifs is 1. The molecular weight excluding hydrogens is 186 g/mol. The van der Waals surface area contributed by atoms with Crippen molar-refractivity contribution in [1.82, 2.24) is 0 Å². The largest absolute Gasteiger partial charge is 0.490 e. The van der Waals surface area contributed by atoms with Crippen LogP contribution in [0.15, 0.2) is 12.1 Å². The first-order valence-electron chi connectivity index (χ1n) is 5.31. The van der Waals surface area contributed by atoms with Gasteiger partial charge in [-0.15, -0.1) is 0 Å². The van der Waals surface area contributed by atoms with E-state index in [9.17, 15) is 0 Å². The van der Waals surface area contributed by atoms with E-state index < -0.39 is 0 Å². The van der Waals surface area contributed by atoms with Crippen molar-refractivity contribution in [3.8, 4) is 11.8 Å². The van der Waals surface area contributed by atoms with Crippen molar-refractivity contribution in [3.63, 3.8) is 0 Å². The Balaban J connectivity index is 2.45. The summed E-state index contributed by atoms with van der Waals surface area (Å²) in [6, 6.07) is 6.44. The molecule has 2 atom stereocenters. The predicted molar refractivity (Wildman–Crippen MR) is 59.0 cm³/mol. The standard InChI is InChI=1S/C13H15NO/c1-8-4-11(9(2)7-14)6-12-5-10(3)15-13(8)12/h4,6,9-10H,5H2,1-3H3. The number of benzene rings is 1. The Hall–Kier alpha value is -1.49. The number of nitriles is 1. The highest BCUT2D eigenvalue weighted by atomic mass is 16.5. The topological polar surface area (TPSA) is 33.0 Å². The van der Waals surface area contributed by atoms with Gasteiger partial charge in [0, 0.05) is 6.42 Å². The lowest BCUT2D eigenvalue weighted by Crippen LogP contribution is -2.05. The van der Waals surface area contributed by atoms with Gasteiger partial charge in [-0.1, -0.05) is 12.1 Å². The Bertz CT molecular complexity index is 431. The first-order valence-corrected chi connectivity index (χ1v) is 5.31. The molecule has 0 bridgehead atoms. The molecule has 0 N–H and O–H groups in total. The second kappa shape index (κ2) is 3.58. The third kappa shape index (κ3) is 1.70. The maximum atomic E-state index is 8.90. The summed E-state index contributed by atoms with van der Waals surface area (Å²) in [6.07, 6.45) is 1.23. The maximum Gasteiger partial charge on any atom is 0.125 e. The summed E-state index contributed by atoms with van der Waals surface area (Å²) < 4.78 is 5.72. The molecule has 2 heteroatoms. The predicted octanol–water partition coefficient (Wildman–Crippen LogP) is 2.95. The third-order valence-electron chi connectivity index (χ3n) is 2.89. The number of hydrogen-bond acceptors (Lipinski definition) is 2. The Morgan fingerprint density at radius 1 is 1.53 bits per heavy atom. The Labute approximate surface area is 90.5 Å². The molecule has 1 aliphatic rings. The molecule has 78 valence electrons. The number of ether oxygens (including phenoxy) is 1. The van der Waals surface area contributed by atoms with Gasteiger partial charge in [0.15, 0.2) is 0 Å². The van der Waals surface area contributed by atoms with Crippen molar-refractivity contribution in [2.75, 3.05) is 0 Å². The highest BCUT2D eigenvalue weighted by Crippen LogP contribution is 2.34. The van der Waals surface area contributed by atoms with Crippen molar-refractivity contribution in [2.45, 2.75) is 39.2 Å². The van der Waals surface area contributed by atoms with Gasteiger partial charge < -0.3 is 4.74 Å². The maximum absolute atomic E-state index is 8.90. The second-order valence-electron chi connectivity index (χ2n) is 4.31. The van der Waals surface area contributed by atoms with Crippen LogP contribution in [-0.2, 0) is 6.42 Å². The summed E-state index contributed by atoms with van der Waals surface area (Å²) in [5.74, 6) is 0.987. The van der Waals surface area contributed by atoms with Crippen molar-refractivity contribution in [3.05, 3.63) is 28.8 Å². The normalized spacial score (nSPS) is 20.3. The summed E-state index contributed by atoms with van der Waals surface area (Å²) in [4.78, 5) is 0. The minimum Gasteiger partial charge on any atom is -0.490 e. The van der Waals surface area contributed by atoms with Crippen molar-refractivity contribution in [1.29, 1.82) is 5.26 Å². The van der Waals surface area contributed by atoms with Crippen LogP contribution in [0.4, 0.5) is 0 Å². The average Bonchev–Trinajstić information content (AvgIpc) is 2.58. The molecule has 0 aromatic heterocycles. The van der Waals surface area contributed by atoms with E-state index in [-0.39, 0.29) is 12.0 Å². The number of nitrogens with zero attached hydrogens (tertiary/aromatic N) is 1. The number of aryl methyl sites for hydroxylation is 1. The Morgan fingerprint density at radius 2 is 2.27 bits per heavy atom. The van der Waals surface area contributed by atoms with Crippen LogP contribution >= 0.6 is 0 Å². The smallest absolute Gasteiger partial charge is 0.125 e. The molecule has 0 radical (unpaired) electrons. The van der Waals surface area contributed by atoms with Gasteiger partial charge in [-0.05, 0) is 37.5 Å². The van der Waals surface area contributed by atoms with Crippen LogP contribution in [-0.4, -0.2) is 6.10 Å². The monoisotopic (exact) mass is 201 g/mol. The van der Waals surface area contributed by atoms with E-state index in [4.69, 9.17) is 10.00 Å². The second-order valence-corrected chi connectivity index (χ2v) is 4.31. The molecule has 1 aliphatic heterocycles. The molecule has 15 heavy (non-hydrogen) atoms. The van der Waals surface area contributed by atoms with E-state index in [0.29, 0.717) is 0 Å². The van der Waals surface area contributed by atoms with Crippen molar-refractivity contribution in [2.24, 2.45) is 0 Å². The summed E-state index contributed by atoms with van der Waals surface area (Å²) in [5.41, 5.74) is 3.50. The SMILES string of the molecule is Cc1cc(C(C)C#N)cc2c1OC(C)C2. The van der Waals surface area contributed by atoms with Gasteiger partial charge >= 0.3 is 0 Å². The lowest BCUT2D eigenvalue weighted by molar-refractivity contribution is 0.253. The number of hydrogen-bond donors (Lipinski definition) is 0. The van der Waals surface area contributed by atoms with Gasteiger partial charge in [0.2, 0.25) is 0 Å². The van der Waals surface area contributed by atoms with Gasteiger partial charge in [0.25, 0.3) is 0 Å². The van der Waals surface area contributed by atoms with Gasteiger partial charge in [-0.3, -0.25) is 0 Å². The molecule has 1 aromatic rings. The van der Waals surface area contributed by atoms with Crippen molar-refractivity contribution >= 4 is 0 Å². The van der Waals surface area contributed by atoms with Gasteiger partial charge in [0.05, 0.1) is 12.0 Å². The fourth-order valence-corrected chi connectivity index (χ4v) is 2.07. The Morgan fingerprint density at radius 3 is 2.93 bits per heavy atom. The average molecular weight is 201 g/mol. The molecular formula is C13H15NO. The lowest BCUT2D eigenvalue weighted by atomic mass is 9.96. The number of rotatable bonds is 1. The fourth-order valence-electron chi connectivity index (χ4n) is 2.07. The molecule has 2 rings (SSSR count). The van der Waals surface area contributed by atoms with Crippen LogP contribution in [0.2, 0.25) is 0 Å². The molecule has 2 unspecified atom stereocenters. The molecule has 2 nitrogen and oxygen atoms in total. The zero-order valence-corrected chi connectivity index (χ0v) is 9.37.